The summed E-state index contributed by atoms with van der Waals surface area (Å²) in [6.45, 7) is 3.37. The molecule has 0 amide bonds. The van der Waals surface area contributed by atoms with E-state index in [9.17, 15) is 9.90 Å². The Hall–Kier alpha value is -2.01. The van der Waals surface area contributed by atoms with Gasteiger partial charge in [-0.25, -0.2) is 9.48 Å². The number of phenolic OH excluding ortho intramolecular Hbond substituents is 1. The molecule has 0 atom stereocenters. The summed E-state index contributed by atoms with van der Waals surface area (Å²) in [6, 6.07) is 4.69. The minimum atomic E-state index is -1.11. The first-order valence-corrected chi connectivity index (χ1v) is 5.58. The van der Waals surface area contributed by atoms with Crippen molar-refractivity contribution in [1.29, 1.82) is 0 Å². The van der Waals surface area contributed by atoms with Gasteiger partial charge in [-0.15, -0.1) is 0 Å². The predicted molar refractivity (Wildman–Crippen MR) is 66.7 cm³/mol. The number of carbonyl (C=O) groups is 1. The molecule has 0 radical (unpaired) electrons. The molecule has 1 heterocycles. The van der Waals surface area contributed by atoms with Crippen LogP contribution in [0.25, 0.3) is 5.69 Å². The molecule has 2 N–H and O–H groups in total. The zero-order valence-electron chi connectivity index (χ0n) is 9.81. The van der Waals surface area contributed by atoms with Crippen molar-refractivity contribution < 1.29 is 15.0 Å². The molecule has 5 nitrogen and oxygen atoms in total. The number of nitrogens with zero attached hydrogens (tertiary/aromatic N) is 2. The largest absolute Gasteiger partial charge is 0.508 e. The summed E-state index contributed by atoms with van der Waals surface area (Å²) in [5.74, 6) is -0.977. The van der Waals surface area contributed by atoms with Crippen molar-refractivity contribution >= 4 is 17.6 Å². The Morgan fingerprint density at radius 3 is 2.56 bits per heavy atom. The number of aromatic carboxylic acids is 1. The van der Waals surface area contributed by atoms with Gasteiger partial charge in [-0.3, -0.25) is 0 Å². The van der Waals surface area contributed by atoms with Crippen LogP contribution in [0.15, 0.2) is 18.2 Å². The molecule has 2 rings (SSSR count). The number of benzene rings is 1. The second-order valence-electron chi connectivity index (χ2n) is 3.94. The van der Waals surface area contributed by atoms with Crippen LogP contribution in [0.5, 0.6) is 5.75 Å². The van der Waals surface area contributed by atoms with E-state index in [4.69, 9.17) is 16.7 Å². The molecule has 2 aromatic rings. The van der Waals surface area contributed by atoms with Gasteiger partial charge in [0.2, 0.25) is 0 Å². The van der Waals surface area contributed by atoms with Gasteiger partial charge in [0.15, 0.2) is 0 Å². The van der Waals surface area contributed by atoms with Crippen LogP contribution in [0.2, 0.25) is 5.15 Å². The molecule has 0 spiro atoms. The van der Waals surface area contributed by atoms with Gasteiger partial charge in [0.05, 0.1) is 11.4 Å². The SMILES string of the molecule is Cc1cc(O)ccc1-n1nc(C)c(C(=O)O)c1Cl. The normalized spacial score (nSPS) is 10.6. The molecule has 1 aromatic heterocycles. The van der Waals surface area contributed by atoms with E-state index in [0.29, 0.717) is 11.4 Å². The highest BCUT2D eigenvalue weighted by Crippen LogP contribution is 2.26. The maximum absolute atomic E-state index is 11.0. The van der Waals surface area contributed by atoms with Gasteiger partial charge in [-0.05, 0) is 37.6 Å². The first-order chi connectivity index (χ1) is 8.41. The molecule has 0 fully saturated rings. The van der Waals surface area contributed by atoms with Gasteiger partial charge in [0.1, 0.15) is 16.5 Å². The second-order valence-corrected chi connectivity index (χ2v) is 4.30. The number of rotatable bonds is 2. The lowest BCUT2D eigenvalue weighted by atomic mass is 10.2. The van der Waals surface area contributed by atoms with Crippen molar-refractivity contribution in [3.63, 3.8) is 0 Å². The molecule has 0 aliphatic heterocycles. The molecular formula is C12H11ClN2O3. The van der Waals surface area contributed by atoms with E-state index in [1.165, 1.54) is 10.7 Å². The summed E-state index contributed by atoms with van der Waals surface area (Å²) in [7, 11) is 0. The molecule has 0 bridgehead atoms. The number of hydrogen-bond donors (Lipinski definition) is 2. The number of aromatic hydroxyl groups is 1. The molecule has 0 aliphatic rings. The van der Waals surface area contributed by atoms with Gasteiger partial charge in [-0.2, -0.15) is 5.10 Å². The number of carboxylic acids is 1. The van der Waals surface area contributed by atoms with E-state index in [0.717, 1.165) is 5.56 Å². The van der Waals surface area contributed by atoms with Crippen molar-refractivity contribution in [2.45, 2.75) is 13.8 Å². The molecule has 0 aliphatic carbocycles. The summed E-state index contributed by atoms with van der Waals surface area (Å²) in [4.78, 5) is 11.0. The highest BCUT2D eigenvalue weighted by Gasteiger charge is 2.20. The standard InChI is InChI=1S/C12H11ClN2O3/c1-6-5-8(16)3-4-9(6)15-11(13)10(12(17)18)7(2)14-15/h3-5,16H,1-2H3,(H,17,18). The minimum absolute atomic E-state index is 0.0101. The van der Waals surface area contributed by atoms with Gasteiger partial charge >= 0.3 is 5.97 Å². The van der Waals surface area contributed by atoms with E-state index in [-0.39, 0.29) is 16.5 Å². The number of halogens is 1. The number of phenols is 1. The highest BCUT2D eigenvalue weighted by atomic mass is 35.5. The van der Waals surface area contributed by atoms with E-state index in [1.54, 1.807) is 26.0 Å². The summed E-state index contributed by atoms with van der Waals surface area (Å²) in [5.41, 5.74) is 1.72. The maximum Gasteiger partial charge on any atom is 0.340 e. The summed E-state index contributed by atoms with van der Waals surface area (Å²) in [5, 5.41) is 22.6. The fourth-order valence-corrected chi connectivity index (χ4v) is 2.13. The van der Waals surface area contributed by atoms with E-state index >= 15 is 0 Å². The zero-order chi connectivity index (χ0) is 13.4. The van der Waals surface area contributed by atoms with E-state index < -0.39 is 5.97 Å². The van der Waals surface area contributed by atoms with Crippen molar-refractivity contribution in [2.75, 3.05) is 0 Å². The summed E-state index contributed by atoms with van der Waals surface area (Å²) < 4.78 is 1.36. The number of carboxylic acid groups (broad SMARTS) is 1. The second kappa shape index (κ2) is 4.34. The predicted octanol–water partition coefficient (Wildman–Crippen LogP) is 2.55. The van der Waals surface area contributed by atoms with Crippen LogP contribution < -0.4 is 0 Å². The third-order valence-corrected chi connectivity index (χ3v) is 2.98. The number of aromatic nitrogens is 2. The Balaban J connectivity index is 2.65. The Kier molecular flexibility index (Phi) is 3.00. The topological polar surface area (TPSA) is 75.3 Å². The Morgan fingerprint density at radius 2 is 2.06 bits per heavy atom. The smallest absolute Gasteiger partial charge is 0.340 e. The Bertz CT molecular complexity index is 634. The van der Waals surface area contributed by atoms with Crippen molar-refractivity contribution in [3.05, 3.63) is 40.2 Å². The molecule has 18 heavy (non-hydrogen) atoms. The van der Waals surface area contributed by atoms with Crippen LogP contribution in [0.1, 0.15) is 21.6 Å². The molecule has 0 unspecified atom stereocenters. The lowest BCUT2D eigenvalue weighted by molar-refractivity contribution is 0.0696. The van der Waals surface area contributed by atoms with E-state index in [2.05, 4.69) is 5.10 Å². The first-order valence-electron chi connectivity index (χ1n) is 5.20. The van der Waals surface area contributed by atoms with Gasteiger partial charge < -0.3 is 10.2 Å². The first kappa shape index (κ1) is 12.4. The van der Waals surface area contributed by atoms with Crippen LogP contribution in [-0.4, -0.2) is 26.0 Å². The van der Waals surface area contributed by atoms with Crippen LogP contribution in [0.3, 0.4) is 0 Å². The van der Waals surface area contributed by atoms with Gasteiger partial charge in [0.25, 0.3) is 0 Å². The van der Waals surface area contributed by atoms with Crippen molar-refractivity contribution in [2.24, 2.45) is 0 Å². The monoisotopic (exact) mass is 266 g/mol. The Labute approximate surface area is 108 Å². The molecule has 0 saturated heterocycles. The van der Waals surface area contributed by atoms with Crippen molar-refractivity contribution in [3.8, 4) is 11.4 Å². The molecule has 1 aromatic carbocycles. The molecule has 6 heteroatoms. The highest BCUT2D eigenvalue weighted by molar-refractivity contribution is 6.32. The molecule has 94 valence electrons. The number of aryl methyl sites for hydroxylation is 2. The van der Waals surface area contributed by atoms with E-state index in [1.807, 2.05) is 0 Å². The third-order valence-electron chi connectivity index (χ3n) is 2.63. The lowest BCUT2D eigenvalue weighted by Gasteiger charge is -2.07. The summed E-state index contributed by atoms with van der Waals surface area (Å²) in [6.07, 6.45) is 0. The maximum atomic E-state index is 11.0. The van der Waals surface area contributed by atoms with Crippen LogP contribution in [0, 0.1) is 13.8 Å². The fraction of sp³-hybridized carbons (Fsp3) is 0.167. The molecule has 0 saturated carbocycles. The van der Waals surface area contributed by atoms with Gasteiger partial charge in [0, 0.05) is 0 Å². The Morgan fingerprint density at radius 1 is 1.39 bits per heavy atom. The molecular weight excluding hydrogens is 256 g/mol. The minimum Gasteiger partial charge on any atom is -0.508 e. The van der Waals surface area contributed by atoms with Crippen LogP contribution >= 0.6 is 11.6 Å². The lowest BCUT2D eigenvalue weighted by Crippen LogP contribution is -2.00. The summed E-state index contributed by atoms with van der Waals surface area (Å²) >= 11 is 6.03. The zero-order valence-corrected chi connectivity index (χ0v) is 10.6. The number of hydrogen-bond acceptors (Lipinski definition) is 3. The fourth-order valence-electron chi connectivity index (χ4n) is 1.78. The van der Waals surface area contributed by atoms with Crippen LogP contribution in [0.4, 0.5) is 0 Å². The quantitative estimate of drug-likeness (QED) is 0.876. The van der Waals surface area contributed by atoms with Crippen molar-refractivity contribution in [1.82, 2.24) is 9.78 Å². The van der Waals surface area contributed by atoms with Gasteiger partial charge in [-0.1, -0.05) is 11.6 Å². The average molecular weight is 267 g/mol. The van der Waals surface area contributed by atoms with Crippen LogP contribution in [-0.2, 0) is 0 Å². The average Bonchev–Trinajstić information content (AvgIpc) is 2.54. The third kappa shape index (κ3) is 1.93.